The number of halogens is 1. The Morgan fingerprint density at radius 3 is 2.51 bits per heavy atom. The predicted molar refractivity (Wildman–Crippen MR) is 169 cm³/mol. The molecule has 1 atom stereocenters. The van der Waals surface area contributed by atoms with Crippen molar-refractivity contribution >= 4 is 50.0 Å². The number of fused-ring (bicyclic) bond motifs is 2. The number of nitrogens with zero attached hydrogens (tertiary/aromatic N) is 5. The highest BCUT2D eigenvalue weighted by Gasteiger charge is 2.32. The third-order valence-corrected chi connectivity index (χ3v) is 8.41. The molecule has 0 aliphatic rings. The first-order valence-electron chi connectivity index (χ1n) is 13.5. The number of hydrogen-bond donors (Lipinski definition) is 1. The molecule has 1 N–H and O–H groups in total. The number of aryl methyl sites for hydroxylation is 2. The Balaban J connectivity index is 1.57. The normalized spacial score (nSPS) is 12.7. The maximum atomic E-state index is 13.8. The van der Waals surface area contributed by atoms with Crippen LogP contribution in [-0.4, -0.2) is 41.0 Å². The Morgan fingerprint density at radius 1 is 1.09 bits per heavy atom. The Morgan fingerprint density at radius 2 is 1.81 bits per heavy atom. The molecule has 3 aromatic heterocycles. The summed E-state index contributed by atoms with van der Waals surface area (Å²) in [6.45, 7) is 7.32. The van der Waals surface area contributed by atoms with Crippen molar-refractivity contribution in [1.29, 1.82) is 0 Å². The molecule has 218 valence electrons. The number of aliphatic carboxylic acids is 1. The van der Waals surface area contributed by atoms with Crippen molar-refractivity contribution in [3.8, 4) is 27.5 Å². The molecule has 0 radical (unpaired) electrons. The zero-order valence-corrected chi connectivity index (χ0v) is 25.7. The first-order chi connectivity index (χ1) is 20.4. The summed E-state index contributed by atoms with van der Waals surface area (Å²) in [5, 5.41) is 16.5. The van der Waals surface area contributed by atoms with Crippen LogP contribution in [0.15, 0.2) is 71.9 Å². The Kier molecular flexibility index (Phi) is 7.16. The van der Waals surface area contributed by atoms with Crippen LogP contribution in [0.25, 0.3) is 48.6 Å². The van der Waals surface area contributed by atoms with Crippen LogP contribution < -0.4 is 5.56 Å². The lowest BCUT2D eigenvalue weighted by atomic mass is 9.91. The minimum absolute atomic E-state index is 0.284. The highest BCUT2D eigenvalue weighted by atomic mass is 35.5. The fourth-order valence-electron chi connectivity index (χ4n) is 5.20. The van der Waals surface area contributed by atoms with Crippen molar-refractivity contribution in [2.24, 2.45) is 7.05 Å². The van der Waals surface area contributed by atoms with Gasteiger partial charge in [-0.1, -0.05) is 41.1 Å². The van der Waals surface area contributed by atoms with Crippen LogP contribution in [0.5, 0.6) is 0 Å². The van der Waals surface area contributed by atoms with E-state index in [-0.39, 0.29) is 11.3 Å². The van der Waals surface area contributed by atoms with E-state index in [1.54, 1.807) is 35.4 Å². The summed E-state index contributed by atoms with van der Waals surface area (Å²) in [6, 6.07) is 14.7. The number of aromatic nitrogens is 5. The van der Waals surface area contributed by atoms with E-state index in [0.29, 0.717) is 37.9 Å². The van der Waals surface area contributed by atoms with Crippen molar-refractivity contribution in [3.63, 3.8) is 0 Å². The standard InChI is InChI=1S/C32H28ClN5O4S/c1-17-14-22-28(25(18-6-9-21(33)10-7-18)24(17)27(30(40)41)42-32(2,3)4)43-31(36-22)38-13-12-34-26(29(38)39)19-8-11-23-20(15-19)16-35-37(23)5/h6-16,27H,1-5H3,(H,40,41). The lowest BCUT2D eigenvalue weighted by Gasteiger charge is -2.28. The van der Waals surface area contributed by atoms with E-state index in [1.165, 1.54) is 15.9 Å². The quantitative estimate of drug-likeness (QED) is 0.216. The summed E-state index contributed by atoms with van der Waals surface area (Å²) in [5.74, 6) is -1.10. The molecular weight excluding hydrogens is 586 g/mol. The molecule has 11 heteroatoms. The summed E-state index contributed by atoms with van der Waals surface area (Å²) in [5.41, 5.74) is 4.16. The van der Waals surface area contributed by atoms with E-state index < -0.39 is 17.7 Å². The molecule has 1 unspecified atom stereocenters. The van der Waals surface area contributed by atoms with Gasteiger partial charge >= 0.3 is 5.97 Å². The average molecular weight is 614 g/mol. The lowest BCUT2D eigenvalue weighted by molar-refractivity contribution is -0.160. The summed E-state index contributed by atoms with van der Waals surface area (Å²) in [6.07, 6.45) is 3.67. The molecule has 0 aliphatic heterocycles. The second-order valence-electron chi connectivity index (χ2n) is 11.3. The number of rotatable bonds is 6. The van der Waals surface area contributed by atoms with Gasteiger partial charge in [-0.25, -0.2) is 14.8 Å². The smallest absolute Gasteiger partial charge is 0.337 e. The highest BCUT2D eigenvalue weighted by molar-refractivity contribution is 7.21. The largest absolute Gasteiger partial charge is 0.479 e. The van der Waals surface area contributed by atoms with Gasteiger partial charge in [0.15, 0.2) is 11.2 Å². The molecule has 0 fully saturated rings. The number of carboxylic acids is 1. The number of hydrogen-bond acceptors (Lipinski definition) is 7. The maximum absolute atomic E-state index is 13.8. The van der Waals surface area contributed by atoms with Gasteiger partial charge in [-0.3, -0.25) is 14.0 Å². The van der Waals surface area contributed by atoms with Gasteiger partial charge in [0.1, 0.15) is 5.69 Å². The van der Waals surface area contributed by atoms with E-state index in [4.69, 9.17) is 21.3 Å². The molecular formula is C32H28ClN5O4S. The van der Waals surface area contributed by atoms with Gasteiger partial charge in [0.05, 0.1) is 27.5 Å². The summed E-state index contributed by atoms with van der Waals surface area (Å²) >= 11 is 7.51. The van der Waals surface area contributed by atoms with E-state index in [2.05, 4.69) is 10.1 Å². The van der Waals surface area contributed by atoms with E-state index in [1.807, 2.05) is 71.1 Å². The van der Waals surface area contributed by atoms with Crippen molar-refractivity contribution in [2.45, 2.75) is 39.4 Å². The van der Waals surface area contributed by atoms with Crippen LogP contribution in [0.4, 0.5) is 0 Å². The fraction of sp³-hybridized carbons (Fsp3) is 0.219. The van der Waals surface area contributed by atoms with E-state index >= 15 is 0 Å². The molecule has 0 saturated heterocycles. The SMILES string of the molecule is Cc1cc2nc(-n3ccnc(-c4ccc5c(cnn5C)c4)c3=O)sc2c(-c2ccc(Cl)cc2)c1C(OC(C)(C)C)C(=O)O. The number of benzene rings is 3. The molecule has 6 aromatic rings. The lowest BCUT2D eigenvalue weighted by Crippen LogP contribution is -2.28. The van der Waals surface area contributed by atoms with Gasteiger partial charge in [0, 0.05) is 46.5 Å². The zero-order chi connectivity index (χ0) is 30.6. The van der Waals surface area contributed by atoms with Gasteiger partial charge in [-0.2, -0.15) is 5.10 Å². The van der Waals surface area contributed by atoms with Gasteiger partial charge in [-0.05, 0) is 69.2 Å². The van der Waals surface area contributed by atoms with Crippen LogP contribution in [0.2, 0.25) is 5.02 Å². The molecule has 0 saturated carbocycles. The number of thiazole rings is 1. The van der Waals surface area contributed by atoms with Crippen LogP contribution in [-0.2, 0) is 16.6 Å². The molecule has 3 heterocycles. The number of ether oxygens (including phenoxy) is 1. The molecule has 0 aliphatic carbocycles. The first-order valence-corrected chi connectivity index (χ1v) is 14.7. The van der Waals surface area contributed by atoms with Crippen LogP contribution in [0.3, 0.4) is 0 Å². The third-order valence-electron chi connectivity index (χ3n) is 7.07. The maximum Gasteiger partial charge on any atom is 0.337 e. The third kappa shape index (κ3) is 5.33. The highest BCUT2D eigenvalue weighted by Crippen LogP contribution is 2.43. The number of carboxylic acid groups (broad SMARTS) is 1. The molecule has 43 heavy (non-hydrogen) atoms. The van der Waals surface area contributed by atoms with Gasteiger partial charge in [0.25, 0.3) is 5.56 Å². The Bertz CT molecular complexity index is 2090. The average Bonchev–Trinajstić information content (AvgIpc) is 3.54. The van der Waals surface area contributed by atoms with Gasteiger partial charge < -0.3 is 9.84 Å². The minimum Gasteiger partial charge on any atom is -0.479 e. The van der Waals surface area contributed by atoms with Crippen LogP contribution in [0.1, 0.15) is 38.0 Å². The van der Waals surface area contributed by atoms with Crippen LogP contribution in [0, 0.1) is 6.92 Å². The van der Waals surface area contributed by atoms with Crippen molar-refractivity contribution in [1.82, 2.24) is 24.3 Å². The first kappa shape index (κ1) is 28.7. The monoisotopic (exact) mass is 613 g/mol. The van der Waals surface area contributed by atoms with Crippen LogP contribution >= 0.6 is 22.9 Å². The summed E-state index contributed by atoms with van der Waals surface area (Å²) < 4.78 is 10.1. The summed E-state index contributed by atoms with van der Waals surface area (Å²) in [7, 11) is 1.86. The zero-order valence-electron chi connectivity index (χ0n) is 24.1. The second kappa shape index (κ2) is 10.7. The molecule has 0 amide bonds. The van der Waals surface area contributed by atoms with E-state index in [9.17, 15) is 14.7 Å². The van der Waals surface area contributed by atoms with Crippen molar-refractivity contribution in [2.75, 3.05) is 0 Å². The molecule has 3 aromatic carbocycles. The minimum atomic E-state index is -1.24. The Hall–Kier alpha value is -4.38. The molecule has 0 bridgehead atoms. The second-order valence-corrected chi connectivity index (χ2v) is 12.7. The van der Waals surface area contributed by atoms with Crippen molar-refractivity contribution < 1.29 is 14.6 Å². The topological polar surface area (TPSA) is 112 Å². The Labute approximate surface area is 256 Å². The molecule has 9 nitrogen and oxygen atoms in total. The molecule has 6 rings (SSSR count). The van der Waals surface area contributed by atoms with Gasteiger partial charge in [0.2, 0.25) is 0 Å². The van der Waals surface area contributed by atoms with E-state index in [0.717, 1.165) is 21.2 Å². The number of carbonyl (C=O) groups is 1. The molecule has 0 spiro atoms. The van der Waals surface area contributed by atoms with Crippen molar-refractivity contribution in [3.05, 3.63) is 93.6 Å². The summed E-state index contributed by atoms with van der Waals surface area (Å²) in [4.78, 5) is 35.7. The fourth-order valence-corrected chi connectivity index (χ4v) is 6.43. The predicted octanol–water partition coefficient (Wildman–Crippen LogP) is 6.97. The van der Waals surface area contributed by atoms with Gasteiger partial charge in [-0.15, -0.1) is 0 Å².